The minimum Gasteiger partial charge on any atom is -0.391 e. The third kappa shape index (κ3) is 9.01. The van der Waals surface area contributed by atoms with Gasteiger partial charge < -0.3 is 21.3 Å². The Bertz CT molecular complexity index is 231. The van der Waals surface area contributed by atoms with E-state index in [9.17, 15) is 9.59 Å². The Kier molecular flexibility index (Phi) is 9.00. The molecule has 0 radical (unpaired) electrons. The molecule has 0 saturated carbocycles. The summed E-state index contributed by atoms with van der Waals surface area (Å²) in [5, 5.41) is 10.9. The fraction of sp³-hybridized carbons (Fsp3) is 0.600. The lowest BCUT2D eigenvalue weighted by Gasteiger charge is -2.07. The second-order valence-corrected chi connectivity index (χ2v) is 3.14. The van der Waals surface area contributed by atoms with E-state index in [0.717, 1.165) is 0 Å². The lowest BCUT2D eigenvalue weighted by atomic mass is 10.4. The molecule has 4 N–H and O–H groups in total. The summed E-state index contributed by atoms with van der Waals surface area (Å²) in [5.74, 6) is -0.192. The molecule has 0 bridgehead atoms. The lowest BCUT2D eigenvalue weighted by molar-refractivity contribution is -0.122. The Morgan fingerprint density at radius 2 is 1.69 bits per heavy atom. The van der Waals surface area contributed by atoms with Crippen LogP contribution in [0.3, 0.4) is 0 Å². The zero-order valence-electron chi connectivity index (χ0n) is 9.64. The van der Waals surface area contributed by atoms with Crippen LogP contribution in [0.15, 0.2) is 12.8 Å². The van der Waals surface area contributed by atoms with E-state index in [1.165, 1.54) is 6.20 Å². The van der Waals surface area contributed by atoms with Gasteiger partial charge in [-0.05, 0) is 13.2 Å². The third-order valence-corrected chi connectivity index (χ3v) is 1.81. The van der Waals surface area contributed by atoms with Gasteiger partial charge in [0.2, 0.25) is 11.8 Å². The number of hydrogen-bond acceptors (Lipinski definition) is 4. The molecule has 16 heavy (non-hydrogen) atoms. The molecule has 0 unspecified atom stereocenters. The summed E-state index contributed by atoms with van der Waals surface area (Å²) in [6.45, 7) is 4.81. The molecule has 0 rings (SSSR count). The predicted molar refractivity (Wildman–Crippen MR) is 62.5 cm³/mol. The van der Waals surface area contributed by atoms with Crippen LogP contribution in [0.4, 0.5) is 0 Å². The average molecular weight is 228 g/mol. The topological polar surface area (TPSA) is 82.3 Å². The molecule has 0 aromatic heterocycles. The summed E-state index contributed by atoms with van der Waals surface area (Å²) in [4.78, 5) is 22.3. The van der Waals surface area contributed by atoms with E-state index in [2.05, 4.69) is 27.8 Å². The van der Waals surface area contributed by atoms with Gasteiger partial charge in [0.15, 0.2) is 0 Å². The van der Waals surface area contributed by atoms with Gasteiger partial charge in [0, 0.05) is 25.9 Å². The first kappa shape index (κ1) is 14.4. The molecule has 92 valence electrons. The van der Waals surface area contributed by atoms with Gasteiger partial charge in [-0.2, -0.15) is 0 Å². The van der Waals surface area contributed by atoms with Gasteiger partial charge in [0.05, 0.1) is 6.67 Å². The molecular weight excluding hydrogens is 208 g/mol. The first-order valence-corrected chi connectivity index (χ1v) is 5.23. The second-order valence-electron chi connectivity index (χ2n) is 3.14. The van der Waals surface area contributed by atoms with Crippen LogP contribution in [-0.2, 0) is 9.59 Å². The zero-order valence-corrected chi connectivity index (χ0v) is 9.64. The van der Waals surface area contributed by atoms with Crippen LogP contribution in [0, 0.1) is 0 Å². The van der Waals surface area contributed by atoms with Crippen molar-refractivity contribution in [3.63, 3.8) is 0 Å². The molecule has 0 atom stereocenters. The number of rotatable bonds is 9. The van der Waals surface area contributed by atoms with Gasteiger partial charge in [-0.15, -0.1) is 0 Å². The van der Waals surface area contributed by atoms with Crippen LogP contribution >= 0.6 is 0 Å². The van der Waals surface area contributed by atoms with Crippen molar-refractivity contribution in [1.29, 1.82) is 0 Å². The van der Waals surface area contributed by atoms with Gasteiger partial charge in [0.1, 0.15) is 0 Å². The highest BCUT2D eigenvalue weighted by Crippen LogP contribution is 1.77. The van der Waals surface area contributed by atoms with Gasteiger partial charge in [-0.3, -0.25) is 9.59 Å². The van der Waals surface area contributed by atoms with Crippen LogP contribution in [0.2, 0.25) is 0 Å². The largest absolute Gasteiger partial charge is 0.391 e. The fourth-order valence-corrected chi connectivity index (χ4v) is 0.944. The first-order valence-electron chi connectivity index (χ1n) is 5.23. The molecule has 0 fully saturated rings. The number of amides is 2. The van der Waals surface area contributed by atoms with Crippen molar-refractivity contribution in [2.24, 2.45) is 0 Å². The minimum atomic E-state index is -0.108. The Hall–Kier alpha value is -1.56. The van der Waals surface area contributed by atoms with Crippen molar-refractivity contribution in [3.8, 4) is 0 Å². The average Bonchev–Trinajstić information content (AvgIpc) is 2.26. The number of hydrogen-bond donors (Lipinski definition) is 4. The van der Waals surface area contributed by atoms with E-state index in [1.807, 2.05) is 0 Å². The second kappa shape index (κ2) is 9.97. The monoisotopic (exact) mass is 228 g/mol. The summed E-state index contributed by atoms with van der Waals surface area (Å²) in [6.07, 6.45) is 2.30. The Morgan fingerprint density at radius 3 is 2.19 bits per heavy atom. The molecule has 0 spiro atoms. The Labute approximate surface area is 95.9 Å². The van der Waals surface area contributed by atoms with E-state index in [1.54, 1.807) is 7.05 Å². The summed E-state index contributed by atoms with van der Waals surface area (Å²) >= 11 is 0. The normalized spacial score (nSPS) is 9.31. The lowest BCUT2D eigenvalue weighted by Crippen LogP contribution is -2.38. The molecule has 0 aliphatic rings. The van der Waals surface area contributed by atoms with Crippen molar-refractivity contribution in [1.82, 2.24) is 21.3 Å². The van der Waals surface area contributed by atoms with Gasteiger partial charge in [-0.25, -0.2) is 0 Å². The van der Waals surface area contributed by atoms with Crippen LogP contribution in [-0.4, -0.2) is 38.6 Å². The molecular formula is C10H20N4O2. The Morgan fingerprint density at radius 1 is 1.12 bits per heavy atom. The number of carbonyl (C=O) groups is 2. The van der Waals surface area contributed by atoms with Gasteiger partial charge in [0.25, 0.3) is 0 Å². The highest BCUT2D eigenvalue weighted by atomic mass is 16.2. The summed E-state index contributed by atoms with van der Waals surface area (Å²) in [6, 6.07) is 0. The number of nitrogens with one attached hydrogen (secondary N) is 4. The van der Waals surface area contributed by atoms with Crippen molar-refractivity contribution in [3.05, 3.63) is 12.8 Å². The molecule has 6 heteroatoms. The smallest absolute Gasteiger partial charge is 0.223 e. The van der Waals surface area contributed by atoms with Crippen LogP contribution in [0.1, 0.15) is 12.8 Å². The van der Waals surface area contributed by atoms with Crippen LogP contribution in [0.25, 0.3) is 0 Å². The fourth-order valence-electron chi connectivity index (χ4n) is 0.944. The molecule has 0 aromatic carbocycles. The maximum atomic E-state index is 11.2. The molecule has 0 heterocycles. The summed E-state index contributed by atoms with van der Waals surface area (Å²) < 4.78 is 0. The van der Waals surface area contributed by atoms with Crippen molar-refractivity contribution in [2.45, 2.75) is 12.8 Å². The van der Waals surface area contributed by atoms with Gasteiger partial charge >= 0.3 is 0 Å². The van der Waals surface area contributed by atoms with E-state index < -0.39 is 0 Å². The highest BCUT2D eigenvalue weighted by Gasteiger charge is 2.01. The quantitative estimate of drug-likeness (QED) is 0.298. The van der Waals surface area contributed by atoms with E-state index in [0.29, 0.717) is 25.9 Å². The van der Waals surface area contributed by atoms with Crippen molar-refractivity contribution >= 4 is 11.8 Å². The summed E-state index contributed by atoms with van der Waals surface area (Å²) in [5.41, 5.74) is 0. The maximum absolute atomic E-state index is 11.2. The van der Waals surface area contributed by atoms with Crippen LogP contribution < -0.4 is 21.3 Å². The molecule has 2 amide bonds. The first-order chi connectivity index (χ1) is 7.70. The molecule has 0 aromatic rings. The highest BCUT2D eigenvalue weighted by molar-refractivity contribution is 5.78. The number of carbonyl (C=O) groups excluding carboxylic acids is 2. The van der Waals surface area contributed by atoms with E-state index >= 15 is 0 Å². The molecule has 0 aliphatic heterocycles. The molecule has 0 saturated heterocycles. The van der Waals surface area contributed by atoms with Crippen LogP contribution in [0.5, 0.6) is 0 Å². The van der Waals surface area contributed by atoms with Gasteiger partial charge in [-0.1, -0.05) is 6.58 Å². The zero-order chi connectivity index (χ0) is 12.2. The SMILES string of the molecule is C=CNCCC(=O)NCNC(=O)CCNC. The molecule has 6 nitrogen and oxygen atoms in total. The Balaban J connectivity index is 3.39. The third-order valence-electron chi connectivity index (χ3n) is 1.81. The minimum absolute atomic E-state index is 0.0844. The van der Waals surface area contributed by atoms with E-state index in [4.69, 9.17) is 0 Å². The molecule has 0 aliphatic carbocycles. The predicted octanol–water partition coefficient (Wildman–Crippen LogP) is -1.09. The standard InChI is InChI=1S/C10H20N4O2/c1-3-12-7-5-10(16)14-8-13-9(15)4-6-11-2/h3,11-12H,1,4-8H2,2H3,(H,13,15)(H,14,16). The van der Waals surface area contributed by atoms with E-state index in [-0.39, 0.29) is 18.5 Å². The summed E-state index contributed by atoms with van der Waals surface area (Å²) in [7, 11) is 1.78. The van der Waals surface area contributed by atoms with Crippen molar-refractivity contribution < 1.29 is 9.59 Å². The van der Waals surface area contributed by atoms with Crippen molar-refractivity contribution in [2.75, 3.05) is 26.8 Å². The maximum Gasteiger partial charge on any atom is 0.223 e.